The summed E-state index contributed by atoms with van der Waals surface area (Å²) in [4.78, 5) is 4.51. The second-order valence-corrected chi connectivity index (χ2v) is 5.95. The summed E-state index contributed by atoms with van der Waals surface area (Å²) >= 11 is 0. The molecule has 0 unspecified atom stereocenters. The predicted molar refractivity (Wildman–Crippen MR) is 93.1 cm³/mol. The Morgan fingerprint density at radius 1 is 0.958 bits per heavy atom. The lowest BCUT2D eigenvalue weighted by molar-refractivity contribution is 0.475. The van der Waals surface area contributed by atoms with Gasteiger partial charge in [0.2, 0.25) is 0 Å². The van der Waals surface area contributed by atoms with Crippen molar-refractivity contribution in [1.29, 1.82) is 0 Å². The van der Waals surface area contributed by atoms with Crippen molar-refractivity contribution in [2.75, 3.05) is 0 Å². The number of aryl methyl sites for hydroxylation is 2. The molecular formula is C21H16FNO. The van der Waals surface area contributed by atoms with Gasteiger partial charge in [0.25, 0.3) is 0 Å². The molecule has 3 aromatic rings. The van der Waals surface area contributed by atoms with E-state index in [0.717, 1.165) is 46.4 Å². The monoisotopic (exact) mass is 317 g/mol. The van der Waals surface area contributed by atoms with Crippen molar-refractivity contribution in [3.8, 4) is 5.75 Å². The lowest BCUT2D eigenvalue weighted by Crippen LogP contribution is -1.95. The zero-order valence-electron chi connectivity index (χ0n) is 13.0. The molecule has 2 nitrogen and oxygen atoms in total. The molecular weight excluding hydrogens is 301 g/mol. The highest BCUT2D eigenvalue weighted by Crippen LogP contribution is 2.34. The maximum absolute atomic E-state index is 13.7. The van der Waals surface area contributed by atoms with Crippen LogP contribution in [0.25, 0.3) is 11.6 Å². The summed E-state index contributed by atoms with van der Waals surface area (Å²) in [5, 5.41) is 9.73. The van der Waals surface area contributed by atoms with Crippen molar-refractivity contribution in [2.24, 2.45) is 0 Å². The number of hydrogen-bond acceptors (Lipinski definition) is 2. The van der Waals surface area contributed by atoms with Gasteiger partial charge in [0.1, 0.15) is 11.6 Å². The highest BCUT2D eigenvalue weighted by molar-refractivity contribution is 5.93. The smallest absolute Gasteiger partial charge is 0.123 e. The normalized spacial score (nSPS) is 14.8. The van der Waals surface area contributed by atoms with Crippen molar-refractivity contribution in [2.45, 2.75) is 12.8 Å². The van der Waals surface area contributed by atoms with E-state index in [4.69, 9.17) is 0 Å². The minimum Gasteiger partial charge on any atom is -0.508 e. The number of benzene rings is 2. The molecule has 0 saturated carbocycles. The lowest BCUT2D eigenvalue weighted by atomic mass is 9.93. The molecule has 3 heteroatoms. The largest absolute Gasteiger partial charge is 0.508 e. The molecule has 0 fully saturated rings. The molecule has 1 aliphatic rings. The Bertz CT molecular complexity index is 946. The third-order valence-corrected chi connectivity index (χ3v) is 4.35. The first-order valence-corrected chi connectivity index (χ1v) is 7.94. The molecule has 2 aromatic carbocycles. The molecule has 0 atom stereocenters. The average molecular weight is 317 g/mol. The number of phenols is 1. The zero-order valence-corrected chi connectivity index (χ0v) is 13.0. The predicted octanol–water partition coefficient (Wildman–Crippen LogP) is 4.61. The minimum absolute atomic E-state index is 0.218. The Morgan fingerprint density at radius 2 is 1.88 bits per heavy atom. The van der Waals surface area contributed by atoms with Gasteiger partial charge < -0.3 is 5.11 Å². The molecule has 0 saturated heterocycles. The van der Waals surface area contributed by atoms with Crippen LogP contribution in [0.4, 0.5) is 4.39 Å². The van der Waals surface area contributed by atoms with E-state index in [1.54, 1.807) is 24.4 Å². The van der Waals surface area contributed by atoms with E-state index in [9.17, 15) is 9.50 Å². The van der Waals surface area contributed by atoms with Gasteiger partial charge in [0.15, 0.2) is 0 Å². The van der Waals surface area contributed by atoms with Crippen molar-refractivity contribution >= 4 is 11.6 Å². The van der Waals surface area contributed by atoms with Crippen LogP contribution >= 0.6 is 0 Å². The highest BCUT2D eigenvalue weighted by Gasteiger charge is 2.19. The van der Waals surface area contributed by atoms with Gasteiger partial charge in [-0.05, 0) is 71.5 Å². The van der Waals surface area contributed by atoms with Crippen LogP contribution in [0, 0.1) is 5.82 Å². The SMILES string of the molecule is Oc1cccc(C=C2c3ccc(F)cc3CCc3ncccc32)c1. The number of nitrogens with zero attached hydrogens (tertiary/aromatic N) is 1. The van der Waals surface area contributed by atoms with Crippen LogP contribution in [-0.2, 0) is 12.8 Å². The van der Waals surface area contributed by atoms with Gasteiger partial charge in [-0.15, -0.1) is 0 Å². The molecule has 0 bridgehead atoms. The number of aromatic nitrogens is 1. The summed E-state index contributed by atoms with van der Waals surface area (Å²) < 4.78 is 13.7. The second kappa shape index (κ2) is 5.93. The van der Waals surface area contributed by atoms with Gasteiger partial charge in [-0.2, -0.15) is 0 Å². The number of fused-ring (bicyclic) bond motifs is 2. The van der Waals surface area contributed by atoms with Crippen molar-refractivity contribution in [3.05, 3.63) is 94.6 Å². The van der Waals surface area contributed by atoms with Crippen molar-refractivity contribution < 1.29 is 9.50 Å². The summed E-state index contributed by atoms with van der Waals surface area (Å²) in [5.41, 5.74) is 5.99. The number of hydrogen-bond donors (Lipinski definition) is 1. The van der Waals surface area contributed by atoms with Gasteiger partial charge in [-0.3, -0.25) is 4.98 Å². The van der Waals surface area contributed by atoms with Gasteiger partial charge >= 0.3 is 0 Å². The number of halogens is 1. The number of phenolic OH excluding ortho intramolecular Hbond substituents is 1. The number of aromatic hydroxyl groups is 1. The van der Waals surface area contributed by atoms with E-state index in [1.165, 1.54) is 6.07 Å². The summed E-state index contributed by atoms with van der Waals surface area (Å²) in [7, 11) is 0. The fourth-order valence-electron chi connectivity index (χ4n) is 3.25. The van der Waals surface area contributed by atoms with Gasteiger partial charge in [-0.1, -0.05) is 24.3 Å². The molecule has 0 radical (unpaired) electrons. The minimum atomic E-state index is -0.218. The molecule has 24 heavy (non-hydrogen) atoms. The first kappa shape index (κ1) is 14.6. The van der Waals surface area contributed by atoms with E-state index in [0.29, 0.717) is 0 Å². The topological polar surface area (TPSA) is 33.1 Å². The molecule has 1 aromatic heterocycles. The van der Waals surface area contributed by atoms with Gasteiger partial charge in [0.05, 0.1) is 0 Å². The number of rotatable bonds is 1. The Hall–Kier alpha value is -2.94. The first-order chi connectivity index (χ1) is 11.7. The third kappa shape index (κ3) is 2.69. The van der Waals surface area contributed by atoms with E-state index in [1.807, 2.05) is 30.3 Å². The van der Waals surface area contributed by atoms with Gasteiger partial charge in [-0.25, -0.2) is 4.39 Å². The van der Waals surface area contributed by atoms with Crippen LogP contribution in [0.3, 0.4) is 0 Å². The van der Waals surface area contributed by atoms with Gasteiger partial charge in [0, 0.05) is 17.5 Å². The summed E-state index contributed by atoms with van der Waals surface area (Å²) in [6.45, 7) is 0. The first-order valence-electron chi connectivity index (χ1n) is 7.94. The Balaban J connectivity index is 1.97. The van der Waals surface area contributed by atoms with E-state index in [-0.39, 0.29) is 11.6 Å². The molecule has 0 aliphatic heterocycles. The molecule has 0 spiro atoms. The standard InChI is InChI=1S/C21H16FNO/c22-16-7-8-18-15(13-16)6-9-21-19(5-2-10-23-21)20(18)12-14-3-1-4-17(24)11-14/h1-5,7-8,10-13,24H,6,9H2. The quantitative estimate of drug-likeness (QED) is 0.711. The molecule has 1 N–H and O–H groups in total. The Morgan fingerprint density at radius 3 is 2.75 bits per heavy atom. The molecule has 1 aliphatic carbocycles. The Labute approximate surface area is 139 Å². The number of pyridine rings is 1. The van der Waals surface area contributed by atoms with Crippen LogP contribution in [-0.4, -0.2) is 10.1 Å². The second-order valence-electron chi connectivity index (χ2n) is 5.95. The maximum atomic E-state index is 13.7. The fraction of sp³-hybridized carbons (Fsp3) is 0.0952. The van der Waals surface area contributed by atoms with Crippen LogP contribution in [0.1, 0.15) is 27.9 Å². The highest BCUT2D eigenvalue weighted by atomic mass is 19.1. The van der Waals surface area contributed by atoms with Crippen molar-refractivity contribution in [3.63, 3.8) is 0 Å². The van der Waals surface area contributed by atoms with E-state index in [2.05, 4.69) is 11.1 Å². The zero-order chi connectivity index (χ0) is 16.5. The average Bonchev–Trinajstić information content (AvgIpc) is 2.73. The summed E-state index contributed by atoms with van der Waals surface area (Å²) in [6.07, 6.45) is 5.36. The molecule has 4 rings (SSSR count). The maximum Gasteiger partial charge on any atom is 0.123 e. The lowest BCUT2D eigenvalue weighted by Gasteiger charge is -2.12. The van der Waals surface area contributed by atoms with E-state index < -0.39 is 0 Å². The van der Waals surface area contributed by atoms with Crippen LogP contribution < -0.4 is 0 Å². The van der Waals surface area contributed by atoms with Crippen LogP contribution in [0.15, 0.2) is 60.8 Å². The van der Waals surface area contributed by atoms with E-state index >= 15 is 0 Å². The Kier molecular flexibility index (Phi) is 3.62. The molecule has 118 valence electrons. The molecule has 0 amide bonds. The fourth-order valence-corrected chi connectivity index (χ4v) is 3.25. The third-order valence-electron chi connectivity index (χ3n) is 4.35. The molecule has 1 heterocycles. The van der Waals surface area contributed by atoms with Crippen molar-refractivity contribution in [1.82, 2.24) is 4.98 Å². The summed E-state index contributed by atoms with van der Waals surface area (Å²) in [6, 6.07) is 16.0. The van der Waals surface area contributed by atoms with Crippen LogP contribution in [0.5, 0.6) is 5.75 Å². The summed E-state index contributed by atoms with van der Waals surface area (Å²) in [5.74, 6) is 0.00748. The van der Waals surface area contributed by atoms with Crippen LogP contribution in [0.2, 0.25) is 0 Å².